The Morgan fingerprint density at radius 3 is 1.61 bits per heavy atom. The van der Waals surface area contributed by atoms with Gasteiger partial charge in [-0.15, -0.1) is 11.6 Å². The third kappa shape index (κ3) is 4.14. The fourth-order valence-electron chi connectivity index (χ4n) is 3.04. The quantitative estimate of drug-likeness (QED) is 0.782. The minimum atomic E-state index is -0.659. The van der Waals surface area contributed by atoms with E-state index in [0.29, 0.717) is 0 Å². The van der Waals surface area contributed by atoms with Crippen LogP contribution in [0.4, 0.5) is 0 Å². The summed E-state index contributed by atoms with van der Waals surface area (Å²) in [7, 11) is 0. The molecule has 0 aromatic heterocycles. The fraction of sp³-hybridized carbons (Fsp3) is 0.400. The summed E-state index contributed by atoms with van der Waals surface area (Å²) in [6.07, 6.45) is -0.858. The highest BCUT2D eigenvalue weighted by atomic mass is 35.5. The van der Waals surface area contributed by atoms with Gasteiger partial charge in [0.2, 0.25) is 0 Å². The zero-order valence-corrected chi connectivity index (χ0v) is 15.0. The van der Waals surface area contributed by atoms with Crippen LogP contribution in [-0.2, 0) is 4.74 Å². The smallest absolute Gasteiger partial charge is 0.109 e. The van der Waals surface area contributed by atoms with Crippen molar-refractivity contribution in [3.05, 3.63) is 69.8 Å². The van der Waals surface area contributed by atoms with Crippen LogP contribution in [0.5, 0.6) is 0 Å². The number of aliphatic hydroxyl groups excluding tert-OH is 1. The van der Waals surface area contributed by atoms with Crippen LogP contribution in [-0.4, -0.2) is 23.7 Å². The van der Waals surface area contributed by atoms with E-state index in [-0.39, 0.29) is 18.6 Å². The zero-order valence-electron chi connectivity index (χ0n) is 14.3. The molecule has 2 nitrogen and oxygen atoms in total. The first-order chi connectivity index (χ1) is 11.0. The summed E-state index contributed by atoms with van der Waals surface area (Å²) in [4.78, 5) is 0. The molecule has 23 heavy (non-hydrogen) atoms. The van der Waals surface area contributed by atoms with E-state index in [4.69, 9.17) is 16.3 Å². The Labute approximate surface area is 144 Å². The van der Waals surface area contributed by atoms with Crippen LogP contribution < -0.4 is 0 Å². The molecule has 0 aliphatic heterocycles. The number of alkyl halides is 1. The van der Waals surface area contributed by atoms with Crippen molar-refractivity contribution < 1.29 is 9.84 Å². The molecule has 1 atom stereocenters. The Morgan fingerprint density at radius 2 is 1.26 bits per heavy atom. The highest BCUT2D eigenvalue weighted by Crippen LogP contribution is 2.34. The molecule has 0 amide bonds. The van der Waals surface area contributed by atoms with E-state index in [2.05, 4.69) is 64.1 Å². The van der Waals surface area contributed by atoms with Crippen molar-refractivity contribution in [2.45, 2.75) is 39.9 Å². The lowest BCUT2D eigenvalue weighted by molar-refractivity contribution is 0.0141. The Kier molecular flexibility index (Phi) is 6.23. The topological polar surface area (TPSA) is 29.5 Å². The van der Waals surface area contributed by atoms with Crippen molar-refractivity contribution in [2.24, 2.45) is 0 Å². The van der Waals surface area contributed by atoms with Crippen LogP contribution >= 0.6 is 11.6 Å². The van der Waals surface area contributed by atoms with Crippen molar-refractivity contribution in [3.8, 4) is 0 Å². The van der Waals surface area contributed by atoms with Crippen LogP contribution in [0, 0.1) is 27.7 Å². The van der Waals surface area contributed by atoms with Crippen LogP contribution in [0.2, 0.25) is 0 Å². The highest BCUT2D eigenvalue weighted by Gasteiger charge is 2.23. The normalized spacial score (nSPS) is 12.7. The maximum absolute atomic E-state index is 9.82. The summed E-state index contributed by atoms with van der Waals surface area (Å²) < 4.78 is 6.16. The molecule has 0 aliphatic carbocycles. The van der Waals surface area contributed by atoms with E-state index in [1.165, 1.54) is 33.4 Å². The number of aliphatic hydroxyl groups is 1. The number of ether oxygens (including phenoxy) is 1. The standard InChI is InChI=1S/C20H25ClO2/c1-13-7-5-8-14(2)18(13)20(23-12-17(22)11-21)19-15(3)9-6-10-16(19)4/h5-10,17,20,22H,11-12H2,1-4H3/t17-/m1/s1. The maximum Gasteiger partial charge on any atom is 0.109 e. The molecule has 0 bridgehead atoms. The van der Waals surface area contributed by atoms with Gasteiger partial charge in [0, 0.05) is 0 Å². The van der Waals surface area contributed by atoms with E-state index in [0.717, 1.165) is 0 Å². The zero-order chi connectivity index (χ0) is 17.0. The fourth-order valence-corrected chi connectivity index (χ4v) is 3.13. The van der Waals surface area contributed by atoms with Gasteiger partial charge < -0.3 is 9.84 Å². The van der Waals surface area contributed by atoms with Crippen molar-refractivity contribution in [2.75, 3.05) is 12.5 Å². The van der Waals surface area contributed by atoms with Crippen LogP contribution in [0.1, 0.15) is 39.5 Å². The molecular weight excluding hydrogens is 308 g/mol. The number of hydrogen-bond donors (Lipinski definition) is 1. The summed E-state index contributed by atoms with van der Waals surface area (Å²) in [6, 6.07) is 12.5. The largest absolute Gasteiger partial charge is 0.389 e. The second-order valence-electron chi connectivity index (χ2n) is 6.13. The molecule has 2 aromatic rings. The molecule has 2 aromatic carbocycles. The predicted octanol–water partition coefficient (Wildman–Crippen LogP) is 4.63. The molecule has 0 heterocycles. The van der Waals surface area contributed by atoms with Gasteiger partial charge in [-0.25, -0.2) is 0 Å². The van der Waals surface area contributed by atoms with E-state index in [1.54, 1.807) is 0 Å². The van der Waals surface area contributed by atoms with Crippen molar-refractivity contribution >= 4 is 11.6 Å². The van der Waals surface area contributed by atoms with E-state index < -0.39 is 6.10 Å². The Hall–Kier alpha value is -1.35. The molecule has 0 spiro atoms. The summed E-state index contributed by atoms with van der Waals surface area (Å²) in [5, 5.41) is 9.82. The van der Waals surface area contributed by atoms with Crippen LogP contribution in [0.25, 0.3) is 0 Å². The van der Waals surface area contributed by atoms with Crippen molar-refractivity contribution in [3.63, 3.8) is 0 Å². The predicted molar refractivity (Wildman–Crippen MR) is 96.4 cm³/mol. The molecule has 0 saturated carbocycles. The molecule has 124 valence electrons. The summed E-state index contributed by atoms with van der Waals surface area (Å²) in [5.74, 6) is 0.173. The first-order valence-corrected chi connectivity index (χ1v) is 8.47. The Balaban J connectivity index is 2.52. The molecule has 0 saturated heterocycles. The SMILES string of the molecule is Cc1cccc(C)c1C(OC[C@H](O)CCl)c1c(C)cccc1C. The van der Waals surface area contributed by atoms with Gasteiger partial charge in [0.05, 0.1) is 18.6 Å². The molecule has 0 fully saturated rings. The molecule has 3 heteroatoms. The van der Waals surface area contributed by atoms with E-state index >= 15 is 0 Å². The summed E-state index contributed by atoms with van der Waals surface area (Å²) in [5.41, 5.74) is 7.12. The lowest BCUT2D eigenvalue weighted by Gasteiger charge is -2.26. The van der Waals surface area contributed by atoms with Gasteiger partial charge in [0.1, 0.15) is 6.10 Å². The monoisotopic (exact) mass is 332 g/mol. The third-order valence-electron chi connectivity index (χ3n) is 4.24. The van der Waals surface area contributed by atoms with Gasteiger partial charge in [-0.2, -0.15) is 0 Å². The van der Waals surface area contributed by atoms with Crippen molar-refractivity contribution in [1.29, 1.82) is 0 Å². The molecule has 0 aliphatic rings. The number of rotatable bonds is 6. The molecular formula is C20H25ClO2. The third-order valence-corrected chi connectivity index (χ3v) is 4.60. The summed E-state index contributed by atoms with van der Waals surface area (Å²) in [6.45, 7) is 8.62. The molecule has 1 N–H and O–H groups in total. The molecule has 0 unspecified atom stereocenters. The maximum atomic E-state index is 9.82. The van der Waals surface area contributed by atoms with Gasteiger partial charge in [-0.1, -0.05) is 36.4 Å². The van der Waals surface area contributed by atoms with E-state index in [1.807, 2.05) is 0 Å². The minimum Gasteiger partial charge on any atom is -0.389 e. The number of aryl methyl sites for hydroxylation is 4. The number of benzene rings is 2. The first-order valence-electron chi connectivity index (χ1n) is 7.93. The van der Waals surface area contributed by atoms with Gasteiger partial charge in [-0.05, 0) is 61.1 Å². The van der Waals surface area contributed by atoms with Crippen LogP contribution in [0.15, 0.2) is 36.4 Å². The van der Waals surface area contributed by atoms with Crippen LogP contribution in [0.3, 0.4) is 0 Å². The lowest BCUT2D eigenvalue weighted by Crippen LogP contribution is -2.21. The first kappa shape index (κ1) is 18.0. The van der Waals surface area contributed by atoms with Gasteiger partial charge in [0.15, 0.2) is 0 Å². The average Bonchev–Trinajstić information content (AvgIpc) is 2.51. The molecule has 2 rings (SSSR count). The Bertz CT molecular complexity index is 575. The van der Waals surface area contributed by atoms with Gasteiger partial charge >= 0.3 is 0 Å². The van der Waals surface area contributed by atoms with E-state index in [9.17, 15) is 5.11 Å². The highest BCUT2D eigenvalue weighted by molar-refractivity contribution is 6.18. The summed E-state index contributed by atoms with van der Waals surface area (Å²) >= 11 is 5.72. The Morgan fingerprint density at radius 1 is 0.870 bits per heavy atom. The van der Waals surface area contributed by atoms with Gasteiger partial charge in [0.25, 0.3) is 0 Å². The number of halogens is 1. The van der Waals surface area contributed by atoms with Gasteiger partial charge in [-0.3, -0.25) is 0 Å². The molecule has 0 radical (unpaired) electrons. The average molecular weight is 333 g/mol. The number of hydrogen-bond acceptors (Lipinski definition) is 2. The van der Waals surface area contributed by atoms with Crippen molar-refractivity contribution in [1.82, 2.24) is 0 Å². The second-order valence-corrected chi connectivity index (χ2v) is 6.44. The second kappa shape index (κ2) is 7.96. The minimum absolute atomic E-state index is 0.173. The lowest BCUT2D eigenvalue weighted by atomic mass is 9.88.